The number of amides is 1. The summed E-state index contributed by atoms with van der Waals surface area (Å²) in [6.45, 7) is 0.254. The van der Waals surface area contributed by atoms with Crippen LogP contribution in [0.1, 0.15) is 0 Å². The molecule has 0 aliphatic rings. The molecule has 0 aromatic rings. The fraction of sp³-hybridized carbons (Fsp3) is 0.667. The van der Waals surface area contributed by atoms with E-state index >= 15 is 0 Å². The first-order valence-electron chi connectivity index (χ1n) is 1.78. The van der Waals surface area contributed by atoms with Crippen LogP contribution in [0.5, 0.6) is 0 Å². The van der Waals surface area contributed by atoms with Crippen molar-refractivity contribution in [2.75, 3.05) is 12.4 Å². The van der Waals surface area contributed by atoms with Gasteiger partial charge in [0.15, 0.2) is 0 Å². The van der Waals surface area contributed by atoms with Gasteiger partial charge in [0.1, 0.15) is 6.09 Å². The number of alkyl halides is 1. The lowest BCUT2D eigenvalue weighted by atomic mass is 10.7. The maximum atomic E-state index is 9.48. The van der Waals surface area contributed by atoms with Crippen LogP contribution >= 0.6 is 11.6 Å². The van der Waals surface area contributed by atoms with Crippen molar-refractivity contribution < 1.29 is 9.90 Å². The van der Waals surface area contributed by atoms with Gasteiger partial charge in [0.25, 0.3) is 0 Å². The number of carboxylic acid groups (broad SMARTS) is 1. The highest BCUT2D eigenvalue weighted by molar-refractivity contribution is 6.18. The van der Waals surface area contributed by atoms with Crippen LogP contribution in [0.2, 0.25) is 0 Å². The molecule has 0 unspecified atom stereocenters. The molecule has 0 aliphatic heterocycles. The Morgan fingerprint density at radius 1 is 1.86 bits per heavy atom. The average Bonchev–Trinajstić information content (AvgIpc) is 1.61. The fourth-order valence-corrected chi connectivity index (χ4v) is 0.244. The Morgan fingerprint density at radius 3 is 2.57 bits per heavy atom. The first-order chi connectivity index (χ1) is 3.27. The zero-order valence-electron chi connectivity index (χ0n) is 3.61. The summed E-state index contributed by atoms with van der Waals surface area (Å²) in [4.78, 5) is 9.48. The van der Waals surface area contributed by atoms with E-state index in [0.717, 1.165) is 0 Å². The van der Waals surface area contributed by atoms with Crippen LogP contribution in [-0.2, 0) is 0 Å². The van der Waals surface area contributed by atoms with E-state index in [9.17, 15) is 9.90 Å². The third-order valence-corrected chi connectivity index (χ3v) is 0.553. The van der Waals surface area contributed by atoms with E-state index in [4.69, 9.17) is 11.6 Å². The first-order valence-corrected chi connectivity index (χ1v) is 2.31. The zero-order valence-corrected chi connectivity index (χ0v) is 4.36. The van der Waals surface area contributed by atoms with E-state index in [-0.39, 0.29) is 12.4 Å². The maximum absolute atomic E-state index is 9.48. The Labute approximate surface area is 46.3 Å². The fourth-order valence-electron chi connectivity index (χ4n) is 0.149. The van der Waals surface area contributed by atoms with Gasteiger partial charge in [-0.3, -0.25) is 0 Å². The van der Waals surface area contributed by atoms with E-state index in [0.29, 0.717) is 0 Å². The number of rotatable bonds is 2. The minimum absolute atomic E-state index is 0.254. The van der Waals surface area contributed by atoms with Gasteiger partial charge in [0, 0.05) is 12.4 Å². The molecular weight excluding hydrogens is 117 g/mol. The Balaban J connectivity index is 2.82. The standard InChI is InChI=1S/C3H6ClNO2/c4-1-2-5-3(6)7/h5H,1-2H2,(H,6,7)/p-1. The number of hydrogen-bond acceptors (Lipinski definition) is 2. The Bertz CT molecular complexity index is 66.0. The summed E-state index contributed by atoms with van der Waals surface area (Å²) in [6.07, 6.45) is -1.28. The van der Waals surface area contributed by atoms with E-state index in [1.807, 2.05) is 5.32 Å². The monoisotopic (exact) mass is 122 g/mol. The van der Waals surface area contributed by atoms with Crippen molar-refractivity contribution in [1.82, 2.24) is 5.32 Å². The molecule has 7 heavy (non-hydrogen) atoms. The predicted octanol–water partition coefficient (Wildman–Crippen LogP) is -0.842. The van der Waals surface area contributed by atoms with Crippen LogP contribution in [0.4, 0.5) is 4.79 Å². The lowest BCUT2D eigenvalue weighted by molar-refractivity contribution is -0.250. The highest BCUT2D eigenvalue weighted by atomic mass is 35.5. The second kappa shape index (κ2) is 3.74. The van der Waals surface area contributed by atoms with Gasteiger partial charge >= 0.3 is 0 Å². The van der Waals surface area contributed by atoms with Crippen LogP contribution in [0.25, 0.3) is 0 Å². The van der Waals surface area contributed by atoms with Crippen LogP contribution < -0.4 is 10.4 Å². The van der Waals surface area contributed by atoms with Crippen molar-refractivity contribution in [3.63, 3.8) is 0 Å². The van der Waals surface area contributed by atoms with Crippen LogP contribution in [-0.4, -0.2) is 18.5 Å². The number of nitrogens with one attached hydrogen (secondary N) is 1. The van der Waals surface area contributed by atoms with Crippen molar-refractivity contribution >= 4 is 17.7 Å². The molecule has 42 valence electrons. The molecule has 0 spiro atoms. The van der Waals surface area contributed by atoms with Crippen molar-refractivity contribution in [2.45, 2.75) is 0 Å². The lowest BCUT2D eigenvalue weighted by Crippen LogP contribution is -2.37. The molecule has 0 rings (SSSR count). The maximum Gasteiger partial charge on any atom is 0.134 e. The van der Waals surface area contributed by atoms with Crippen molar-refractivity contribution in [3.8, 4) is 0 Å². The molecular formula is C3H5ClNO2-. The summed E-state index contributed by atoms with van der Waals surface area (Å²) in [5, 5.41) is 11.4. The van der Waals surface area contributed by atoms with E-state index in [1.54, 1.807) is 0 Å². The smallest absolute Gasteiger partial charge is 0.134 e. The quantitative estimate of drug-likeness (QED) is 0.486. The average molecular weight is 123 g/mol. The van der Waals surface area contributed by atoms with Crippen LogP contribution in [0, 0.1) is 0 Å². The summed E-state index contributed by atoms with van der Waals surface area (Å²) >= 11 is 5.09. The predicted molar refractivity (Wildman–Crippen MR) is 24.1 cm³/mol. The molecule has 4 heteroatoms. The Morgan fingerprint density at radius 2 is 2.43 bits per heavy atom. The van der Waals surface area contributed by atoms with Gasteiger partial charge in [0.2, 0.25) is 0 Å². The molecule has 0 aromatic heterocycles. The topological polar surface area (TPSA) is 52.2 Å². The highest BCUT2D eigenvalue weighted by Gasteiger charge is 1.77. The number of halogens is 1. The summed E-state index contributed by atoms with van der Waals surface area (Å²) < 4.78 is 0. The van der Waals surface area contributed by atoms with Crippen LogP contribution in [0.3, 0.4) is 0 Å². The number of carbonyl (C=O) groups excluding carboxylic acids is 1. The first kappa shape index (κ1) is 6.56. The molecule has 1 amide bonds. The lowest BCUT2D eigenvalue weighted by Gasteiger charge is -2.00. The molecule has 0 radical (unpaired) electrons. The molecule has 0 atom stereocenters. The van der Waals surface area contributed by atoms with E-state index in [2.05, 4.69) is 0 Å². The summed E-state index contributed by atoms with van der Waals surface area (Å²) in [5.41, 5.74) is 0. The van der Waals surface area contributed by atoms with Gasteiger partial charge in [0.05, 0.1) is 0 Å². The molecule has 3 nitrogen and oxygen atoms in total. The van der Waals surface area contributed by atoms with Crippen molar-refractivity contribution in [2.24, 2.45) is 0 Å². The molecule has 0 bridgehead atoms. The summed E-state index contributed by atoms with van der Waals surface area (Å²) in [5.74, 6) is 0.286. The third-order valence-electron chi connectivity index (χ3n) is 0.364. The minimum atomic E-state index is -1.28. The van der Waals surface area contributed by atoms with Crippen molar-refractivity contribution in [1.29, 1.82) is 0 Å². The molecule has 0 aliphatic carbocycles. The Kier molecular flexibility index (Phi) is 3.50. The molecule has 0 heterocycles. The zero-order chi connectivity index (χ0) is 5.70. The minimum Gasteiger partial charge on any atom is -0.530 e. The molecule has 1 N–H and O–H groups in total. The van der Waals surface area contributed by atoms with E-state index in [1.165, 1.54) is 0 Å². The van der Waals surface area contributed by atoms with Crippen LogP contribution in [0.15, 0.2) is 0 Å². The number of carbonyl (C=O) groups is 1. The molecule has 0 fully saturated rings. The van der Waals surface area contributed by atoms with Gasteiger partial charge in [-0.15, -0.1) is 11.6 Å². The highest BCUT2D eigenvalue weighted by Crippen LogP contribution is 1.66. The second-order valence-electron chi connectivity index (χ2n) is 0.903. The normalized spacial score (nSPS) is 8.14. The molecule has 0 saturated heterocycles. The van der Waals surface area contributed by atoms with E-state index < -0.39 is 6.09 Å². The largest absolute Gasteiger partial charge is 0.530 e. The second-order valence-corrected chi connectivity index (χ2v) is 1.28. The van der Waals surface area contributed by atoms with Gasteiger partial charge in [-0.25, -0.2) is 0 Å². The van der Waals surface area contributed by atoms with Gasteiger partial charge in [-0.1, -0.05) is 0 Å². The number of hydrogen-bond donors (Lipinski definition) is 1. The molecule has 0 saturated carbocycles. The SMILES string of the molecule is O=C([O-])NCCCl. The van der Waals surface area contributed by atoms with Gasteiger partial charge < -0.3 is 15.2 Å². The third kappa shape index (κ3) is 5.56. The summed E-state index contributed by atoms with van der Waals surface area (Å²) in [6, 6.07) is 0. The summed E-state index contributed by atoms with van der Waals surface area (Å²) in [7, 11) is 0. The molecule has 0 aromatic carbocycles. The van der Waals surface area contributed by atoms with Gasteiger partial charge in [-0.05, 0) is 0 Å². The Hall–Kier alpha value is -0.440. The van der Waals surface area contributed by atoms with Gasteiger partial charge in [-0.2, -0.15) is 0 Å². The van der Waals surface area contributed by atoms with Crippen molar-refractivity contribution in [3.05, 3.63) is 0 Å².